The Hall–Kier alpha value is -2.24. The minimum Gasteiger partial charge on any atom is -0.338 e. The Kier molecular flexibility index (Phi) is 2.63. The quantitative estimate of drug-likeness (QED) is 0.784. The van der Waals surface area contributed by atoms with Gasteiger partial charge in [0, 0.05) is 12.3 Å². The van der Waals surface area contributed by atoms with Crippen LogP contribution in [0, 0.1) is 12.9 Å². The predicted molar refractivity (Wildman–Crippen MR) is 53.4 cm³/mol. The molecule has 0 radical (unpaired) electrons. The molecule has 1 N–H and O–H groups in total. The van der Waals surface area contributed by atoms with Crippen LogP contribution in [-0.2, 0) is 0 Å². The van der Waals surface area contributed by atoms with Crippen molar-refractivity contribution in [3.63, 3.8) is 0 Å². The summed E-state index contributed by atoms with van der Waals surface area (Å²) >= 11 is 0. The monoisotopic (exact) mass is 221 g/mol. The summed E-state index contributed by atoms with van der Waals surface area (Å²) in [5.74, 6) is -1.27. The maximum Gasteiger partial charge on any atom is 0.262 e. The second-order valence-electron chi connectivity index (χ2n) is 3.13. The van der Waals surface area contributed by atoms with Crippen LogP contribution in [-0.4, -0.2) is 16.0 Å². The highest BCUT2D eigenvalue weighted by Crippen LogP contribution is 2.11. The lowest BCUT2D eigenvalue weighted by atomic mass is 10.2. The number of amides is 1. The molecule has 2 aromatic heterocycles. The number of nitrogens with zero attached hydrogens (tertiary/aromatic N) is 2. The Morgan fingerprint density at radius 1 is 1.56 bits per heavy atom. The topological polar surface area (TPSA) is 68.0 Å². The van der Waals surface area contributed by atoms with Gasteiger partial charge in [-0.3, -0.25) is 10.1 Å². The molecule has 2 rings (SSSR count). The number of halogens is 1. The minimum atomic E-state index is -0.823. The fourth-order valence-corrected chi connectivity index (χ4v) is 1.16. The zero-order chi connectivity index (χ0) is 11.5. The van der Waals surface area contributed by atoms with Gasteiger partial charge in [0.1, 0.15) is 0 Å². The first-order valence-corrected chi connectivity index (χ1v) is 4.52. The van der Waals surface area contributed by atoms with Gasteiger partial charge in [0.25, 0.3) is 5.91 Å². The van der Waals surface area contributed by atoms with Crippen LogP contribution >= 0.6 is 0 Å². The summed E-state index contributed by atoms with van der Waals surface area (Å²) in [6, 6.07) is 4.34. The van der Waals surface area contributed by atoms with E-state index in [1.54, 1.807) is 6.92 Å². The standard InChI is InChI=1S/C10H8FN3O2/c1-6-5-8(16-14-6)13-10(15)7-3-2-4-12-9(7)11/h2-5H,1H3,(H,13,15). The number of aryl methyl sites for hydroxylation is 1. The van der Waals surface area contributed by atoms with Crippen molar-refractivity contribution in [1.29, 1.82) is 0 Å². The Morgan fingerprint density at radius 3 is 3.00 bits per heavy atom. The number of carbonyl (C=O) groups excluding carboxylic acids is 1. The minimum absolute atomic E-state index is 0.142. The fourth-order valence-electron chi connectivity index (χ4n) is 1.16. The summed E-state index contributed by atoms with van der Waals surface area (Å²) in [5.41, 5.74) is 0.485. The molecule has 16 heavy (non-hydrogen) atoms. The van der Waals surface area contributed by atoms with Crippen molar-refractivity contribution >= 4 is 11.8 Å². The van der Waals surface area contributed by atoms with E-state index in [4.69, 9.17) is 4.52 Å². The van der Waals surface area contributed by atoms with Crippen LogP contribution < -0.4 is 5.32 Å². The summed E-state index contributed by atoms with van der Waals surface area (Å²) in [7, 11) is 0. The van der Waals surface area contributed by atoms with Crippen LogP contribution in [0.3, 0.4) is 0 Å². The summed E-state index contributed by atoms with van der Waals surface area (Å²) in [4.78, 5) is 14.9. The van der Waals surface area contributed by atoms with Crippen molar-refractivity contribution in [2.45, 2.75) is 6.92 Å². The van der Waals surface area contributed by atoms with E-state index in [0.717, 1.165) is 0 Å². The number of aromatic nitrogens is 2. The third kappa shape index (κ3) is 2.05. The van der Waals surface area contributed by atoms with E-state index in [2.05, 4.69) is 15.5 Å². The molecule has 82 valence electrons. The SMILES string of the molecule is Cc1cc(NC(=O)c2cccnc2F)on1. The maximum absolute atomic E-state index is 13.1. The van der Waals surface area contributed by atoms with E-state index in [0.29, 0.717) is 5.69 Å². The second-order valence-corrected chi connectivity index (χ2v) is 3.13. The Balaban J connectivity index is 2.18. The lowest BCUT2D eigenvalue weighted by Crippen LogP contribution is -2.13. The Labute approximate surface area is 90.3 Å². The molecule has 0 fully saturated rings. The average Bonchev–Trinajstić information content (AvgIpc) is 2.64. The van der Waals surface area contributed by atoms with Gasteiger partial charge in [-0.2, -0.15) is 4.39 Å². The van der Waals surface area contributed by atoms with Gasteiger partial charge >= 0.3 is 0 Å². The number of carbonyl (C=O) groups is 1. The van der Waals surface area contributed by atoms with E-state index in [1.165, 1.54) is 24.4 Å². The van der Waals surface area contributed by atoms with Gasteiger partial charge in [-0.1, -0.05) is 5.16 Å². The number of nitrogens with one attached hydrogen (secondary N) is 1. The Bertz CT molecular complexity index is 524. The number of anilines is 1. The largest absolute Gasteiger partial charge is 0.338 e. The molecular weight excluding hydrogens is 213 g/mol. The lowest BCUT2D eigenvalue weighted by Gasteiger charge is -2.00. The number of pyridine rings is 1. The summed E-state index contributed by atoms with van der Waals surface area (Å²) in [6.45, 7) is 1.71. The number of rotatable bonds is 2. The van der Waals surface area contributed by atoms with Gasteiger partial charge < -0.3 is 4.52 Å². The van der Waals surface area contributed by atoms with Crippen molar-refractivity contribution in [3.05, 3.63) is 41.6 Å². The molecule has 2 aromatic rings. The number of hydrogen-bond donors (Lipinski definition) is 1. The molecule has 5 nitrogen and oxygen atoms in total. The molecule has 0 aliphatic heterocycles. The third-order valence-electron chi connectivity index (χ3n) is 1.87. The molecular formula is C10H8FN3O2. The van der Waals surface area contributed by atoms with Crippen LogP contribution in [0.15, 0.2) is 28.9 Å². The first-order valence-electron chi connectivity index (χ1n) is 4.52. The molecule has 0 atom stereocenters. The molecule has 0 unspecified atom stereocenters. The van der Waals surface area contributed by atoms with Crippen LogP contribution in [0.1, 0.15) is 16.1 Å². The molecule has 0 spiro atoms. The normalized spacial score (nSPS) is 10.1. The van der Waals surface area contributed by atoms with Crippen molar-refractivity contribution in [1.82, 2.24) is 10.1 Å². The van der Waals surface area contributed by atoms with Crippen molar-refractivity contribution in [3.8, 4) is 0 Å². The van der Waals surface area contributed by atoms with Gasteiger partial charge in [0.2, 0.25) is 11.8 Å². The maximum atomic E-state index is 13.1. The van der Waals surface area contributed by atoms with Gasteiger partial charge in [0.05, 0.1) is 11.3 Å². The molecule has 0 saturated carbocycles. The van der Waals surface area contributed by atoms with Crippen molar-refractivity contribution < 1.29 is 13.7 Å². The first kappa shape index (κ1) is 10.3. The van der Waals surface area contributed by atoms with Crippen LogP contribution in [0.4, 0.5) is 10.3 Å². The fraction of sp³-hybridized carbons (Fsp3) is 0.100. The zero-order valence-electron chi connectivity index (χ0n) is 8.40. The lowest BCUT2D eigenvalue weighted by molar-refractivity contribution is 0.101. The average molecular weight is 221 g/mol. The summed E-state index contributed by atoms with van der Waals surface area (Å²) in [5, 5.41) is 5.96. The predicted octanol–water partition coefficient (Wildman–Crippen LogP) is 1.77. The van der Waals surface area contributed by atoms with E-state index in [9.17, 15) is 9.18 Å². The van der Waals surface area contributed by atoms with Crippen molar-refractivity contribution in [2.75, 3.05) is 5.32 Å². The van der Waals surface area contributed by atoms with Crippen LogP contribution in [0.25, 0.3) is 0 Å². The molecule has 0 aliphatic carbocycles. The highest BCUT2D eigenvalue weighted by molar-refractivity contribution is 6.03. The van der Waals surface area contributed by atoms with Gasteiger partial charge in [-0.25, -0.2) is 4.98 Å². The Morgan fingerprint density at radius 2 is 2.38 bits per heavy atom. The zero-order valence-corrected chi connectivity index (χ0v) is 8.40. The highest BCUT2D eigenvalue weighted by atomic mass is 19.1. The first-order chi connectivity index (χ1) is 7.66. The third-order valence-corrected chi connectivity index (χ3v) is 1.87. The summed E-state index contributed by atoms with van der Waals surface area (Å²) in [6.07, 6.45) is 1.27. The highest BCUT2D eigenvalue weighted by Gasteiger charge is 2.13. The molecule has 0 aromatic carbocycles. The van der Waals surface area contributed by atoms with E-state index in [1.807, 2.05) is 0 Å². The van der Waals surface area contributed by atoms with Crippen LogP contribution in [0.2, 0.25) is 0 Å². The summed E-state index contributed by atoms with van der Waals surface area (Å²) < 4.78 is 17.9. The van der Waals surface area contributed by atoms with E-state index in [-0.39, 0.29) is 11.4 Å². The van der Waals surface area contributed by atoms with Gasteiger partial charge in [0.15, 0.2) is 0 Å². The molecule has 6 heteroatoms. The molecule has 0 bridgehead atoms. The number of hydrogen-bond acceptors (Lipinski definition) is 4. The van der Waals surface area contributed by atoms with E-state index < -0.39 is 11.9 Å². The smallest absolute Gasteiger partial charge is 0.262 e. The van der Waals surface area contributed by atoms with Crippen molar-refractivity contribution in [2.24, 2.45) is 0 Å². The molecule has 0 aliphatic rings. The molecule has 2 heterocycles. The van der Waals surface area contributed by atoms with Crippen LogP contribution in [0.5, 0.6) is 0 Å². The van der Waals surface area contributed by atoms with Gasteiger partial charge in [-0.15, -0.1) is 0 Å². The van der Waals surface area contributed by atoms with Gasteiger partial charge in [-0.05, 0) is 19.1 Å². The molecule has 0 saturated heterocycles. The second kappa shape index (κ2) is 4.09. The van der Waals surface area contributed by atoms with E-state index >= 15 is 0 Å². The molecule has 1 amide bonds.